The van der Waals surface area contributed by atoms with Gasteiger partial charge >= 0.3 is 12.2 Å². The summed E-state index contributed by atoms with van der Waals surface area (Å²) in [7, 11) is 0. The third-order valence-corrected chi connectivity index (χ3v) is 5.09. The maximum atomic E-state index is 14.7. The largest absolute Gasteiger partial charge is 0.444 e. The predicted octanol–water partition coefficient (Wildman–Crippen LogP) is 5.83. The first-order chi connectivity index (χ1) is 15.1. The first-order valence-corrected chi connectivity index (χ1v) is 10.6. The van der Waals surface area contributed by atoms with Gasteiger partial charge in [-0.15, -0.1) is 0 Å². The van der Waals surface area contributed by atoms with E-state index in [4.69, 9.17) is 9.47 Å². The van der Waals surface area contributed by atoms with Gasteiger partial charge in [0.25, 0.3) is 0 Å². The van der Waals surface area contributed by atoms with Crippen LogP contribution in [0, 0.1) is 11.6 Å². The molecular formula is C24H28F2N2O4. The molecule has 1 fully saturated rings. The van der Waals surface area contributed by atoms with E-state index >= 15 is 0 Å². The van der Waals surface area contributed by atoms with Crippen LogP contribution in [0.1, 0.15) is 50.7 Å². The molecule has 2 aromatic rings. The number of carbonyl (C=O) groups is 2. The highest BCUT2D eigenvalue weighted by atomic mass is 19.1. The molecule has 1 saturated heterocycles. The topological polar surface area (TPSA) is 67.9 Å². The van der Waals surface area contributed by atoms with Crippen molar-refractivity contribution in [3.8, 4) is 0 Å². The summed E-state index contributed by atoms with van der Waals surface area (Å²) in [6.45, 7) is 6.11. The zero-order valence-electron chi connectivity index (χ0n) is 18.5. The maximum Gasteiger partial charge on any atom is 0.411 e. The lowest BCUT2D eigenvalue weighted by Gasteiger charge is -2.33. The van der Waals surface area contributed by atoms with Crippen molar-refractivity contribution in [2.75, 3.05) is 18.4 Å². The third kappa shape index (κ3) is 6.42. The van der Waals surface area contributed by atoms with Crippen molar-refractivity contribution >= 4 is 17.9 Å². The van der Waals surface area contributed by atoms with E-state index in [1.807, 2.05) is 18.2 Å². The first kappa shape index (κ1) is 23.5. The number of amides is 2. The van der Waals surface area contributed by atoms with Gasteiger partial charge < -0.3 is 14.4 Å². The standard InChI is InChI=1S/C24H28F2N2O4/c1-24(2,3)32-23(30)28-11-9-17(10-12-28)21-19(25)13-18(14-20(21)26)27-22(29)31-15-16-7-5-4-6-8-16/h4-8,13-14,17H,9-12,15H2,1-3H3,(H,27,29). The zero-order chi connectivity index (χ0) is 23.3. The second-order valence-corrected chi connectivity index (χ2v) is 8.78. The Labute approximate surface area is 186 Å². The molecule has 172 valence electrons. The Morgan fingerprint density at radius 1 is 1.06 bits per heavy atom. The van der Waals surface area contributed by atoms with Gasteiger partial charge in [-0.25, -0.2) is 18.4 Å². The molecule has 0 aliphatic carbocycles. The second kappa shape index (κ2) is 9.97. The van der Waals surface area contributed by atoms with Gasteiger partial charge in [0.1, 0.15) is 23.8 Å². The molecule has 0 unspecified atom stereocenters. The number of nitrogens with zero attached hydrogens (tertiary/aromatic N) is 1. The number of benzene rings is 2. The highest BCUT2D eigenvalue weighted by Gasteiger charge is 2.30. The molecule has 0 bridgehead atoms. The minimum atomic E-state index is -0.800. The van der Waals surface area contributed by atoms with Crippen LogP contribution in [0.2, 0.25) is 0 Å². The van der Waals surface area contributed by atoms with E-state index in [0.29, 0.717) is 25.9 Å². The summed E-state index contributed by atoms with van der Waals surface area (Å²) in [4.78, 5) is 25.7. The minimum absolute atomic E-state index is 0.0204. The second-order valence-electron chi connectivity index (χ2n) is 8.78. The fraction of sp³-hybridized carbons (Fsp3) is 0.417. The van der Waals surface area contributed by atoms with Gasteiger partial charge in [-0.05, 0) is 57.2 Å². The van der Waals surface area contributed by atoms with Crippen molar-refractivity contribution in [3.05, 3.63) is 65.2 Å². The molecular weight excluding hydrogens is 418 g/mol. The van der Waals surface area contributed by atoms with Gasteiger partial charge in [0, 0.05) is 24.3 Å². The first-order valence-electron chi connectivity index (χ1n) is 10.6. The molecule has 0 atom stereocenters. The Morgan fingerprint density at radius 2 is 1.66 bits per heavy atom. The van der Waals surface area contributed by atoms with E-state index in [0.717, 1.165) is 17.7 Å². The fourth-order valence-electron chi connectivity index (χ4n) is 3.60. The fourth-order valence-corrected chi connectivity index (χ4v) is 3.60. The average Bonchev–Trinajstić information content (AvgIpc) is 2.72. The molecule has 1 aliphatic heterocycles. The zero-order valence-corrected chi connectivity index (χ0v) is 18.5. The highest BCUT2D eigenvalue weighted by molar-refractivity contribution is 5.84. The lowest BCUT2D eigenvalue weighted by atomic mass is 9.88. The Hall–Kier alpha value is -3.16. The summed E-state index contributed by atoms with van der Waals surface area (Å²) in [6.07, 6.45) is -0.394. The number of ether oxygens (including phenoxy) is 2. The van der Waals surface area contributed by atoms with Crippen molar-refractivity contribution in [2.24, 2.45) is 0 Å². The number of anilines is 1. The summed E-state index contributed by atoms with van der Waals surface area (Å²) in [5.74, 6) is -1.84. The summed E-state index contributed by atoms with van der Waals surface area (Å²) in [6, 6.07) is 11.3. The van der Waals surface area contributed by atoms with Crippen molar-refractivity contribution in [3.63, 3.8) is 0 Å². The van der Waals surface area contributed by atoms with Gasteiger partial charge in [0.2, 0.25) is 0 Å². The number of carbonyl (C=O) groups excluding carboxylic acids is 2. The lowest BCUT2D eigenvalue weighted by molar-refractivity contribution is 0.0204. The van der Waals surface area contributed by atoms with Crippen molar-refractivity contribution in [1.82, 2.24) is 4.90 Å². The van der Waals surface area contributed by atoms with Crippen LogP contribution >= 0.6 is 0 Å². The van der Waals surface area contributed by atoms with Gasteiger partial charge in [-0.2, -0.15) is 0 Å². The molecule has 1 aliphatic rings. The van der Waals surface area contributed by atoms with Crippen molar-refractivity contribution < 1.29 is 27.8 Å². The third-order valence-electron chi connectivity index (χ3n) is 5.09. The Balaban J connectivity index is 1.58. The highest BCUT2D eigenvalue weighted by Crippen LogP contribution is 2.33. The van der Waals surface area contributed by atoms with Gasteiger partial charge in [-0.1, -0.05) is 30.3 Å². The Morgan fingerprint density at radius 3 is 2.22 bits per heavy atom. The Bertz CT molecular complexity index is 929. The maximum absolute atomic E-state index is 14.7. The monoisotopic (exact) mass is 446 g/mol. The number of piperidine rings is 1. The van der Waals surface area contributed by atoms with E-state index < -0.39 is 29.4 Å². The van der Waals surface area contributed by atoms with E-state index in [-0.39, 0.29) is 23.8 Å². The number of likely N-dealkylation sites (tertiary alicyclic amines) is 1. The van der Waals surface area contributed by atoms with Crippen LogP contribution in [0.25, 0.3) is 0 Å². The lowest BCUT2D eigenvalue weighted by Crippen LogP contribution is -2.41. The Kier molecular flexibility index (Phi) is 7.33. The molecule has 6 nitrogen and oxygen atoms in total. The molecule has 0 radical (unpaired) electrons. The van der Waals surface area contributed by atoms with Gasteiger partial charge in [0.05, 0.1) is 0 Å². The van der Waals surface area contributed by atoms with E-state index in [9.17, 15) is 18.4 Å². The molecule has 0 saturated carbocycles. The molecule has 0 spiro atoms. The van der Waals surface area contributed by atoms with Crippen LogP contribution in [0.5, 0.6) is 0 Å². The van der Waals surface area contributed by atoms with Crippen molar-refractivity contribution in [1.29, 1.82) is 0 Å². The predicted molar refractivity (Wildman–Crippen MR) is 116 cm³/mol. The van der Waals surface area contributed by atoms with E-state index in [1.54, 1.807) is 37.8 Å². The van der Waals surface area contributed by atoms with Crippen LogP contribution in [0.3, 0.4) is 0 Å². The SMILES string of the molecule is CC(C)(C)OC(=O)N1CCC(c2c(F)cc(NC(=O)OCc3ccccc3)cc2F)CC1. The molecule has 2 aromatic carbocycles. The summed E-state index contributed by atoms with van der Waals surface area (Å²) >= 11 is 0. The van der Waals surface area contributed by atoms with E-state index in [2.05, 4.69) is 5.32 Å². The minimum Gasteiger partial charge on any atom is -0.444 e. The molecule has 8 heteroatoms. The normalized spacial score (nSPS) is 14.7. The van der Waals surface area contributed by atoms with Crippen molar-refractivity contribution in [2.45, 2.75) is 51.7 Å². The molecule has 2 amide bonds. The van der Waals surface area contributed by atoms with Gasteiger partial charge in [-0.3, -0.25) is 5.32 Å². The van der Waals surface area contributed by atoms with E-state index in [1.165, 1.54) is 0 Å². The van der Waals surface area contributed by atoms with Crippen LogP contribution in [-0.4, -0.2) is 35.8 Å². The summed E-state index contributed by atoms with van der Waals surface area (Å²) in [5, 5.41) is 2.36. The number of nitrogens with one attached hydrogen (secondary N) is 1. The molecule has 3 rings (SSSR count). The van der Waals surface area contributed by atoms with Crippen LogP contribution in [-0.2, 0) is 16.1 Å². The molecule has 32 heavy (non-hydrogen) atoms. The van der Waals surface area contributed by atoms with Gasteiger partial charge in [0.15, 0.2) is 0 Å². The molecule has 0 aromatic heterocycles. The number of hydrogen-bond acceptors (Lipinski definition) is 4. The summed E-state index contributed by atoms with van der Waals surface area (Å²) in [5.41, 5.74) is 0.148. The van der Waals surface area contributed by atoms with Crippen LogP contribution < -0.4 is 5.32 Å². The quantitative estimate of drug-likeness (QED) is 0.642. The molecule has 1 N–H and O–H groups in total. The number of rotatable bonds is 4. The summed E-state index contributed by atoms with van der Waals surface area (Å²) < 4.78 is 39.9. The number of halogens is 2. The molecule has 1 heterocycles. The van der Waals surface area contributed by atoms with Crippen LogP contribution in [0.15, 0.2) is 42.5 Å². The number of hydrogen-bond donors (Lipinski definition) is 1. The smallest absolute Gasteiger partial charge is 0.411 e. The average molecular weight is 446 g/mol. The van der Waals surface area contributed by atoms with Crippen LogP contribution in [0.4, 0.5) is 24.1 Å².